The van der Waals surface area contributed by atoms with Crippen LogP contribution in [0.1, 0.15) is 94.4 Å². The number of carbonyl (C=O) groups excluding carboxylic acids is 1. The van der Waals surface area contributed by atoms with Crippen LogP contribution in [0.2, 0.25) is 0 Å². The van der Waals surface area contributed by atoms with Crippen LogP contribution in [0, 0.1) is 5.41 Å². The van der Waals surface area contributed by atoms with Gasteiger partial charge < -0.3 is 4.74 Å². The third-order valence-corrected chi connectivity index (χ3v) is 6.95. The molecule has 1 aliphatic rings. The zero-order valence-corrected chi connectivity index (χ0v) is 21.6. The molecule has 182 valence electrons. The van der Waals surface area contributed by atoms with Crippen molar-refractivity contribution in [2.75, 3.05) is 0 Å². The SMILES string of the molecule is CCCC/C(=C(\c1ccc(OC(=O)C(C)(C)C)cc1)c1ccc(C2CCC2)cc1)c1ccccc1. The van der Waals surface area contributed by atoms with Crippen molar-refractivity contribution >= 4 is 17.1 Å². The Kier molecular flexibility index (Phi) is 7.90. The van der Waals surface area contributed by atoms with E-state index < -0.39 is 5.41 Å². The van der Waals surface area contributed by atoms with Gasteiger partial charge in [-0.3, -0.25) is 4.79 Å². The molecule has 0 heterocycles. The van der Waals surface area contributed by atoms with Crippen molar-refractivity contribution in [3.05, 3.63) is 101 Å². The van der Waals surface area contributed by atoms with Gasteiger partial charge in [-0.15, -0.1) is 0 Å². The number of benzene rings is 3. The molecule has 0 radical (unpaired) electrons. The molecule has 0 aromatic heterocycles. The summed E-state index contributed by atoms with van der Waals surface area (Å²) in [5.74, 6) is 1.09. The molecule has 3 aromatic rings. The van der Waals surface area contributed by atoms with Gasteiger partial charge in [0.1, 0.15) is 5.75 Å². The van der Waals surface area contributed by atoms with Crippen LogP contribution in [0.15, 0.2) is 78.9 Å². The molecule has 0 aliphatic heterocycles. The first-order valence-electron chi connectivity index (χ1n) is 13.1. The molecule has 1 saturated carbocycles. The van der Waals surface area contributed by atoms with E-state index in [1.807, 2.05) is 32.9 Å². The van der Waals surface area contributed by atoms with E-state index in [9.17, 15) is 4.79 Å². The average Bonchev–Trinajstić information content (AvgIpc) is 2.82. The lowest BCUT2D eigenvalue weighted by Gasteiger charge is -2.26. The molecule has 0 unspecified atom stereocenters. The average molecular weight is 467 g/mol. The van der Waals surface area contributed by atoms with Crippen LogP contribution in [-0.2, 0) is 4.79 Å². The molecule has 0 atom stereocenters. The fraction of sp³-hybridized carbons (Fsp3) is 0.364. The lowest BCUT2D eigenvalue weighted by molar-refractivity contribution is -0.142. The Hall–Kier alpha value is -3.13. The molecule has 1 aliphatic carbocycles. The zero-order chi connectivity index (χ0) is 24.8. The van der Waals surface area contributed by atoms with Gasteiger partial charge in [0.05, 0.1) is 5.41 Å². The predicted octanol–water partition coefficient (Wildman–Crippen LogP) is 9.05. The molecular weight excluding hydrogens is 428 g/mol. The van der Waals surface area contributed by atoms with Crippen LogP contribution in [0.4, 0.5) is 0 Å². The van der Waals surface area contributed by atoms with Crippen LogP contribution in [-0.4, -0.2) is 5.97 Å². The Morgan fingerprint density at radius 3 is 1.94 bits per heavy atom. The van der Waals surface area contributed by atoms with E-state index >= 15 is 0 Å². The first kappa shape index (κ1) is 25.0. The molecule has 0 saturated heterocycles. The summed E-state index contributed by atoms with van der Waals surface area (Å²) in [5, 5.41) is 0. The highest BCUT2D eigenvalue weighted by molar-refractivity contribution is 5.98. The Bertz CT molecular complexity index is 1140. The van der Waals surface area contributed by atoms with Gasteiger partial charge in [0.2, 0.25) is 0 Å². The third-order valence-electron chi connectivity index (χ3n) is 6.95. The second-order valence-electron chi connectivity index (χ2n) is 10.7. The minimum Gasteiger partial charge on any atom is -0.426 e. The molecular formula is C33H38O2. The molecule has 35 heavy (non-hydrogen) atoms. The van der Waals surface area contributed by atoms with E-state index in [4.69, 9.17) is 4.74 Å². The summed E-state index contributed by atoms with van der Waals surface area (Å²) in [6, 6.07) is 28.0. The van der Waals surface area contributed by atoms with Gasteiger partial charge in [0, 0.05) is 0 Å². The Balaban J connectivity index is 1.77. The Morgan fingerprint density at radius 1 is 0.829 bits per heavy atom. The summed E-state index contributed by atoms with van der Waals surface area (Å²) >= 11 is 0. The number of hydrogen-bond donors (Lipinski definition) is 0. The lowest BCUT2D eigenvalue weighted by Crippen LogP contribution is -2.25. The minimum atomic E-state index is -0.535. The van der Waals surface area contributed by atoms with Crippen LogP contribution in [0.5, 0.6) is 5.75 Å². The highest BCUT2D eigenvalue weighted by Gasteiger charge is 2.24. The largest absolute Gasteiger partial charge is 0.426 e. The summed E-state index contributed by atoms with van der Waals surface area (Å²) in [5.41, 5.74) is 7.20. The summed E-state index contributed by atoms with van der Waals surface area (Å²) < 4.78 is 5.64. The number of esters is 1. The second-order valence-corrected chi connectivity index (χ2v) is 10.7. The molecule has 0 N–H and O–H groups in total. The fourth-order valence-electron chi connectivity index (χ4n) is 4.54. The van der Waals surface area contributed by atoms with Crippen molar-refractivity contribution in [1.82, 2.24) is 0 Å². The predicted molar refractivity (Wildman–Crippen MR) is 146 cm³/mol. The quantitative estimate of drug-likeness (QED) is 0.188. The fourth-order valence-corrected chi connectivity index (χ4v) is 4.54. The molecule has 2 nitrogen and oxygen atoms in total. The van der Waals surface area contributed by atoms with E-state index in [-0.39, 0.29) is 5.97 Å². The van der Waals surface area contributed by atoms with Crippen LogP contribution in [0.3, 0.4) is 0 Å². The van der Waals surface area contributed by atoms with Gasteiger partial charge in [-0.05, 0) is 97.9 Å². The first-order valence-corrected chi connectivity index (χ1v) is 13.1. The summed E-state index contributed by atoms with van der Waals surface area (Å²) in [6.07, 6.45) is 7.26. The number of rotatable bonds is 8. The van der Waals surface area contributed by atoms with Gasteiger partial charge in [0.15, 0.2) is 0 Å². The normalized spacial score (nSPS) is 14.7. The van der Waals surface area contributed by atoms with Gasteiger partial charge in [-0.25, -0.2) is 0 Å². The van der Waals surface area contributed by atoms with Crippen molar-refractivity contribution in [2.45, 2.75) is 72.1 Å². The van der Waals surface area contributed by atoms with Crippen molar-refractivity contribution < 1.29 is 9.53 Å². The summed E-state index contributed by atoms with van der Waals surface area (Å²) in [6.45, 7) is 7.86. The first-order chi connectivity index (χ1) is 16.9. The molecule has 0 spiro atoms. The maximum atomic E-state index is 12.4. The monoisotopic (exact) mass is 466 g/mol. The number of unbranched alkanes of at least 4 members (excludes halogenated alkanes) is 1. The maximum absolute atomic E-state index is 12.4. The maximum Gasteiger partial charge on any atom is 0.316 e. The highest BCUT2D eigenvalue weighted by Crippen LogP contribution is 2.39. The van der Waals surface area contributed by atoms with Crippen molar-refractivity contribution in [3.63, 3.8) is 0 Å². The lowest BCUT2D eigenvalue weighted by atomic mass is 9.79. The van der Waals surface area contributed by atoms with Crippen LogP contribution in [0.25, 0.3) is 11.1 Å². The van der Waals surface area contributed by atoms with Gasteiger partial charge in [0.25, 0.3) is 0 Å². The summed E-state index contributed by atoms with van der Waals surface area (Å²) in [7, 11) is 0. The van der Waals surface area contributed by atoms with E-state index in [0.29, 0.717) is 5.75 Å². The van der Waals surface area contributed by atoms with E-state index in [1.165, 1.54) is 47.1 Å². The molecule has 3 aromatic carbocycles. The third kappa shape index (κ3) is 6.11. The van der Waals surface area contributed by atoms with Crippen molar-refractivity contribution in [1.29, 1.82) is 0 Å². The van der Waals surface area contributed by atoms with Gasteiger partial charge >= 0.3 is 5.97 Å². The zero-order valence-electron chi connectivity index (χ0n) is 21.6. The topological polar surface area (TPSA) is 26.3 Å². The molecule has 0 amide bonds. The number of ether oxygens (including phenoxy) is 1. The molecule has 1 fully saturated rings. The van der Waals surface area contributed by atoms with Crippen molar-refractivity contribution in [3.8, 4) is 5.75 Å². The number of allylic oxidation sites excluding steroid dienone is 1. The minimum absolute atomic E-state index is 0.222. The number of carbonyl (C=O) groups is 1. The van der Waals surface area contributed by atoms with Gasteiger partial charge in [-0.1, -0.05) is 86.5 Å². The van der Waals surface area contributed by atoms with E-state index in [0.717, 1.165) is 30.7 Å². The van der Waals surface area contributed by atoms with E-state index in [2.05, 4.69) is 73.7 Å². The van der Waals surface area contributed by atoms with Crippen molar-refractivity contribution in [2.24, 2.45) is 5.41 Å². The number of hydrogen-bond acceptors (Lipinski definition) is 2. The van der Waals surface area contributed by atoms with Gasteiger partial charge in [-0.2, -0.15) is 0 Å². The Morgan fingerprint density at radius 2 is 1.43 bits per heavy atom. The standard InChI is InChI=1S/C33H38O2/c1-5-6-15-30(26-11-8-7-9-12-26)31(27-18-16-25(17-19-27)24-13-10-14-24)28-20-22-29(23-21-28)35-32(34)33(2,3)4/h7-9,11-12,16-24H,5-6,10,13-15H2,1-4H3/b31-30+. The summed E-state index contributed by atoms with van der Waals surface area (Å²) in [4.78, 5) is 12.4. The Labute approximate surface area is 211 Å². The second kappa shape index (κ2) is 11.1. The van der Waals surface area contributed by atoms with Crippen LogP contribution < -0.4 is 4.74 Å². The highest BCUT2D eigenvalue weighted by atomic mass is 16.5. The molecule has 0 bridgehead atoms. The van der Waals surface area contributed by atoms with E-state index in [1.54, 1.807) is 0 Å². The smallest absolute Gasteiger partial charge is 0.316 e. The van der Waals surface area contributed by atoms with Crippen LogP contribution >= 0.6 is 0 Å². The molecule has 4 rings (SSSR count). The molecule has 2 heteroatoms.